The van der Waals surface area contributed by atoms with E-state index in [1.165, 1.54) is 36.5 Å². The Morgan fingerprint density at radius 1 is 1.06 bits per heavy atom. The number of hydrogen-bond donors (Lipinski definition) is 1. The molecule has 0 radical (unpaired) electrons. The normalized spacial score (nSPS) is 12.7. The molecule has 1 aliphatic heterocycles. The minimum Gasteiger partial charge on any atom is -0.454 e. The molecule has 0 unspecified atom stereocenters. The van der Waals surface area contributed by atoms with Crippen molar-refractivity contribution in [2.45, 2.75) is 4.90 Å². The van der Waals surface area contributed by atoms with Crippen LogP contribution in [0.2, 0.25) is 10.0 Å². The molecule has 3 aromatic rings. The molecule has 1 aliphatic rings. The number of halogens is 3. The summed E-state index contributed by atoms with van der Waals surface area (Å²) in [5.41, 5.74) is 3.15. The van der Waals surface area contributed by atoms with E-state index in [1.54, 1.807) is 30.3 Å². The minimum absolute atomic E-state index is 0.0154. The summed E-state index contributed by atoms with van der Waals surface area (Å²) in [6.45, 7) is -0.422. The Bertz CT molecular complexity index is 1370. The third-order valence-electron chi connectivity index (χ3n) is 4.69. The number of sulfonamides is 1. The average Bonchev–Trinajstić information content (AvgIpc) is 3.27. The summed E-state index contributed by atoms with van der Waals surface area (Å²) < 4.78 is 38.9. The number of nitrogens with zero attached hydrogens (tertiary/aromatic N) is 2. The van der Waals surface area contributed by atoms with Crippen LogP contribution in [0.15, 0.2) is 75.1 Å². The quantitative estimate of drug-likeness (QED) is 0.317. The standard InChI is InChI=1S/C22H16BrCl2N3O5S/c23-17-10-21-20(32-13-33-21)8-14(17)11-26-27-22(29)12-28(15-6-7-18(24)19(25)9-15)34(30,31)16-4-2-1-3-5-16/h1-11H,12-13H2,(H,27,29)/b26-11-. The highest BCUT2D eigenvalue weighted by molar-refractivity contribution is 9.10. The molecular weight excluding hydrogens is 569 g/mol. The summed E-state index contributed by atoms with van der Waals surface area (Å²) >= 11 is 15.5. The third kappa shape index (κ3) is 5.30. The molecule has 1 amide bonds. The highest BCUT2D eigenvalue weighted by Crippen LogP contribution is 2.36. The van der Waals surface area contributed by atoms with Crippen molar-refractivity contribution in [3.63, 3.8) is 0 Å². The Kier molecular flexibility index (Phi) is 7.32. The van der Waals surface area contributed by atoms with Gasteiger partial charge >= 0.3 is 0 Å². The number of nitrogens with one attached hydrogen (secondary N) is 1. The van der Waals surface area contributed by atoms with Crippen molar-refractivity contribution >= 4 is 67.0 Å². The second kappa shape index (κ2) is 10.2. The maximum atomic E-state index is 13.3. The molecule has 0 bridgehead atoms. The highest BCUT2D eigenvalue weighted by Gasteiger charge is 2.27. The van der Waals surface area contributed by atoms with Crippen LogP contribution >= 0.6 is 39.1 Å². The Morgan fingerprint density at radius 3 is 2.47 bits per heavy atom. The number of carbonyl (C=O) groups is 1. The van der Waals surface area contributed by atoms with Crippen molar-refractivity contribution in [3.8, 4) is 11.5 Å². The monoisotopic (exact) mass is 583 g/mol. The van der Waals surface area contributed by atoms with Crippen LogP contribution in [0.25, 0.3) is 0 Å². The number of rotatable bonds is 7. The van der Waals surface area contributed by atoms with E-state index < -0.39 is 22.5 Å². The summed E-state index contributed by atoms with van der Waals surface area (Å²) in [6.07, 6.45) is 1.40. The molecule has 0 aliphatic carbocycles. The van der Waals surface area contributed by atoms with Crippen LogP contribution in [0, 0.1) is 0 Å². The summed E-state index contributed by atoms with van der Waals surface area (Å²) in [6, 6.07) is 15.5. The number of hydrazone groups is 1. The second-order valence-corrected chi connectivity index (χ2v) is 10.5. The van der Waals surface area contributed by atoms with Gasteiger partial charge in [-0.25, -0.2) is 13.8 Å². The lowest BCUT2D eigenvalue weighted by molar-refractivity contribution is -0.119. The lowest BCUT2D eigenvalue weighted by atomic mass is 10.2. The number of benzene rings is 3. The third-order valence-corrected chi connectivity index (χ3v) is 7.91. The molecule has 0 aromatic heterocycles. The Hall–Kier alpha value is -2.79. The molecule has 0 saturated heterocycles. The van der Waals surface area contributed by atoms with E-state index in [9.17, 15) is 13.2 Å². The summed E-state index contributed by atoms with van der Waals surface area (Å²) in [5, 5.41) is 4.35. The van der Waals surface area contributed by atoms with E-state index in [4.69, 9.17) is 32.7 Å². The molecular formula is C22H16BrCl2N3O5S. The fraction of sp³-hybridized carbons (Fsp3) is 0.0909. The first-order valence-corrected chi connectivity index (χ1v) is 12.7. The Morgan fingerprint density at radius 2 is 1.76 bits per heavy atom. The number of hydrogen-bond acceptors (Lipinski definition) is 6. The lowest BCUT2D eigenvalue weighted by Gasteiger charge is -2.24. The van der Waals surface area contributed by atoms with Crippen molar-refractivity contribution in [1.29, 1.82) is 0 Å². The predicted molar refractivity (Wildman–Crippen MR) is 133 cm³/mol. The largest absolute Gasteiger partial charge is 0.454 e. The number of ether oxygens (including phenoxy) is 2. The molecule has 0 saturated carbocycles. The van der Waals surface area contributed by atoms with E-state index in [2.05, 4.69) is 26.5 Å². The van der Waals surface area contributed by atoms with Crippen LogP contribution in [0.4, 0.5) is 5.69 Å². The maximum Gasteiger partial charge on any atom is 0.264 e. The molecule has 8 nitrogen and oxygen atoms in total. The molecule has 0 spiro atoms. The molecule has 3 aromatic carbocycles. The summed E-state index contributed by atoms with van der Waals surface area (Å²) in [5.74, 6) is 0.478. The van der Waals surface area contributed by atoms with Crippen molar-refractivity contribution in [2.24, 2.45) is 5.10 Å². The average molecular weight is 585 g/mol. The van der Waals surface area contributed by atoms with Crippen LogP contribution < -0.4 is 19.2 Å². The minimum atomic E-state index is -4.09. The molecule has 0 fully saturated rings. The van der Waals surface area contributed by atoms with Gasteiger partial charge in [-0.15, -0.1) is 0 Å². The topological polar surface area (TPSA) is 97.3 Å². The van der Waals surface area contributed by atoms with E-state index in [-0.39, 0.29) is 27.4 Å². The fourth-order valence-electron chi connectivity index (χ4n) is 3.05. The van der Waals surface area contributed by atoms with Gasteiger partial charge in [0.15, 0.2) is 11.5 Å². The fourth-order valence-corrected chi connectivity index (χ4v) is 5.20. The van der Waals surface area contributed by atoms with Gasteiger partial charge in [-0.1, -0.05) is 41.4 Å². The maximum absolute atomic E-state index is 13.3. The first-order chi connectivity index (χ1) is 16.3. The number of fused-ring (bicyclic) bond motifs is 1. The first kappa shape index (κ1) is 24.3. The van der Waals surface area contributed by atoms with Gasteiger partial charge in [0, 0.05) is 10.0 Å². The van der Waals surface area contributed by atoms with Crippen LogP contribution in [0.1, 0.15) is 5.56 Å². The Balaban J connectivity index is 1.56. The zero-order valence-electron chi connectivity index (χ0n) is 17.2. The zero-order valence-corrected chi connectivity index (χ0v) is 21.2. The van der Waals surface area contributed by atoms with Gasteiger partial charge in [0.2, 0.25) is 6.79 Å². The molecule has 1 heterocycles. The zero-order chi connectivity index (χ0) is 24.3. The van der Waals surface area contributed by atoms with Gasteiger partial charge in [-0.2, -0.15) is 5.10 Å². The number of carbonyl (C=O) groups excluding carboxylic acids is 1. The molecule has 12 heteroatoms. The van der Waals surface area contributed by atoms with Crippen LogP contribution in [0.3, 0.4) is 0 Å². The van der Waals surface area contributed by atoms with Crippen LogP contribution in [-0.4, -0.2) is 33.9 Å². The molecule has 34 heavy (non-hydrogen) atoms. The number of anilines is 1. The van der Waals surface area contributed by atoms with E-state index in [0.717, 1.165) is 4.31 Å². The van der Waals surface area contributed by atoms with Crippen molar-refractivity contribution in [3.05, 3.63) is 80.7 Å². The first-order valence-electron chi connectivity index (χ1n) is 9.69. The molecule has 0 atom stereocenters. The Labute approximate surface area is 214 Å². The van der Waals surface area contributed by atoms with Crippen molar-refractivity contribution < 1.29 is 22.7 Å². The van der Waals surface area contributed by atoms with E-state index in [1.807, 2.05) is 0 Å². The smallest absolute Gasteiger partial charge is 0.264 e. The molecule has 176 valence electrons. The molecule has 1 N–H and O–H groups in total. The van der Waals surface area contributed by atoms with Gasteiger partial charge < -0.3 is 9.47 Å². The van der Waals surface area contributed by atoms with Gasteiger partial charge in [0.25, 0.3) is 15.9 Å². The van der Waals surface area contributed by atoms with Gasteiger partial charge in [-0.05, 0) is 58.4 Å². The van der Waals surface area contributed by atoms with E-state index in [0.29, 0.717) is 21.5 Å². The highest BCUT2D eigenvalue weighted by atomic mass is 79.9. The van der Waals surface area contributed by atoms with Gasteiger partial charge in [-0.3, -0.25) is 9.10 Å². The van der Waals surface area contributed by atoms with Gasteiger partial charge in [0.05, 0.1) is 26.8 Å². The number of amides is 1. The van der Waals surface area contributed by atoms with Crippen molar-refractivity contribution in [2.75, 3.05) is 17.6 Å². The molecule has 4 rings (SSSR count). The van der Waals surface area contributed by atoms with Crippen molar-refractivity contribution in [1.82, 2.24) is 5.43 Å². The van der Waals surface area contributed by atoms with Crippen LogP contribution in [0.5, 0.6) is 11.5 Å². The summed E-state index contributed by atoms with van der Waals surface area (Å²) in [4.78, 5) is 12.7. The second-order valence-electron chi connectivity index (χ2n) is 6.94. The lowest BCUT2D eigenvalue weighted by Crippen LogP contribution is -2.39. The van der Waals surface area contributed by atoms with Crippen LogP contribution in [-0.2, 0) is 14.8 Å². The SMILES string of the molecule is O=C(CN(c1ccc(Cl)c(Cl)c1)S(=O)(=O)c1ccccc1)N/N=C\c1cc2c(cc1Br)OCO2. The van der Waals surface area contributed by atoms with E-state index >= 15 is 0 Å². The predicted octanol–water partition coefficient (Wildman–Crippen LogP) is 4.83. The van der Waals surface area contributed by atoms with Gasteiger partial charge in [0.1, 0.15) is 6.54 Å². The summed E-state index contributed by atoms with van der Waals surface area (Å²) in [7, 11) is -4.09.